The van der Waals surface area contributed by atoms with Gasteiger partial charge < -0.3 is 9.67 Å². The van der Waals surface area contributed by atoms with E-state index >= 15 is 0 Å². The van der Waals surface area contributed by atoms with Crippen molar-refractivity contribution in [1.82, 2.24) is 4.57 Å². The second kappa shape index (κ2) is 4.31. The van der Waals surface area contributed by atoms with Crippen molar-refractivity contribution in [3.63, 3.8) is 0 Å². The number of aromatic hydroxyl groups is 1. The minimum atomic E-state index is 0.0112. The van der Waals surface area contributed by atoms with E-state index in [-0.39, 0.29) is 11.3 Å². The lowest BCUT2D eigenvalue weighted by molar-refractivity contribution is 0.474. The van der Waals surface area contributed by atoms with Gasteiger partial charge in [-0.15, -0.1) is 11.3 Å². The molecule has 1 N–H and O–H groups in total. The number of fused-ring (bicyclic) bond motifs is 1. The smallest absolute Gasteiger partial charge is 0.259 e. The largest absolute Gasteiger partial charge is 0.508 e. The minimum Gasteiger partial charge on any atom is -0.508 e. The Morgan fingerprint density at radius 3 is 2.94 bits per heavy atom. The van der Waals surface area contributed by atoms with Crippen molar-refractivity contribution in [2.24, 2.45) is 0 Å². The number of rotatable bonds is 2. The van der Waals surface area contributed by atoms with Gasteiger partial charge in [0, 0.05) is 10.9 Å². The van der Waals surface area contributed by atoms with Crippen molar-refractivity contribution in [2.45, 2.75) is 6.54 Å². The summed E-state index contributed by atoms with van der Waals surface area (Å²) in [6.45, 7) is 0.471. The highest BCUT2D eigenvalue weighted by Gasteiger charge is 2.04. The van der Waals surface area contributed by atoms with Crippen molar-refractivity contribution in [3.05, 3.63) is 63.9 Å². The van der Waals surface area contributed by atoms with Crippen LogP contribution in [0.25, 0.3) is 10.1 Å². The monoisotopic (exact) mass is 257 g/mol. The average Bonchev–Trinajstić information content (AvgIpc) is 2.82. The van der Waals surface area contributed by atoms with Gasteiger partial charge in [0.15, 0.2) is 0 Å². The maximum Gasteiger partial charge on any atom is 0.259 e. The second-order valence-electron chi connectivity index (χ2n) is 4.12. The van der Waals surface area contributed by atoms with E-state index in [9.17, 15) is 9.90 Å². The number of nitrogens with zero attached hydrogens (tertiary/aromatic N) is 1. The number of benzene rings is 1. The molecule has 1 aromatic carbocycles. The first-order chi connectivity index (χ1) is 8.74. The standard InChI is InChI=1S/C14H11NO2S/c16-11-3-1-2-10(8-11)9-15-6-4-13-12(14(15)17)5-7-18-13/h1-8,16H,9H2. The SMILES string of the molecule is O=c1c2ccsc2ccn1Cc1cccc(O)c1. The summed E-state index contributed by atoms with van der Waals surface area (Å²) in [5.74, 6) is 0.220. The van der Waals surface area contributed by atoms with Gasteiger partial charge in [0.05, 0.1) is 11.9 Å². The van der Waals surface area contributed by atoms with Gasteiger partial charge in [-0.05, 0) is 35.2 Å². The van der Waals surface area contributed by atoms with Crippen LogP contribution in [0.2, 0.25) is 0 Å². The first-order valence-electron chi connectivity index (χ1n) is 5.58. The topological polar surface area (TPSA) is 42.2 Å². The molecule has 0 unspecified atom stereocenters. The zero-order valence-corrected chi connectivity index (χ0v) is 10.4. The van der Waals surface area contributed by atoms with E-state index in [4.69, 9.17) is 0 Å². The fourth-order valence-corrected chi connectivity index (χ4v) is 2.76. The number of phenols is 1. The van der Waals surface area contributed by atoms with E-state index in [2.05, 4.69) is 0 Å². The van der Waals surface area contributed by atoms with Crippen molar-refractivity contribution in [2.75, 3.05) is 0 Å². The third-order valence-electron chi connectivity index (χ3n) is 2.86. The number of hydrogen-bond acceptors (Lipinski definition) is 3. The Morgan fingerprint density at radius 1 is 1.22 bits per heavy atom. The molecule has 3 nitrogen and oxygen atoms in total. The zero-order chi connectivity index (χ0) is 12.5. The summed E-state index contributed by atoms with van der Waals surface area (Å²) < 4.78 is 2.66. The van der Waals surface area contributed by atoms with Gasteiger partial charge in [0.2, 0.25) is 0 Å². The Hall–Kier alpha value is -2.07. The fraction of sp³-hybridized carbons (Fsp3) is 0.0714. The van der Waals surface area contributed by atoms with Crippen molar-refractivity contribution < 1.29 is 5.11 Å². The summed E-state index contributed by atoms with van der Waals surface area (Å²) in [7, 11) is 0. The fourth-order valence-electron chi connectivity index (χ4n) is 1.98. The Bertz CT molecular complexity index is 758. The number of phenolic OH excluding ortho intramolecular Hbond substituents is 1. The molecule has 0 amide bonds. The van der Waals surface area contributed by atoms with Crippen LogP contribution in [0.1, 0.15) is 5.56 Å². The molecule has 18 heavy (non-hydrogen) atoms. The summed E-state index contributed by atoms with van der Waals surface area (Å²) in [6, 6.07) is 10.8. The summed E-state index contributed by atoms with van der Waals surface area (Å²) in [5.41, 5.74) is 0.920. The molecule has 3 rings (SSSR count). The molecule has 2 heterocycles. The molecule has 2 aromatic heterocycles. The van der Waals surface area contributed by atoms with E-state index in [1.54, 1.807) is 40.3 Å². The predicted octanol–water partition coefficient (Wildman–Crippen LogP) is 2.82. The maximum absolute atomic E-state index is 12.2. The summed E-state index contributed by atoms with van der Waals surface area (Å²) in [6.07, 6.45) is 1.80. The van der Waals surface area contributed by atoms with Crippen LogP contribution < -0.4 is 5.56 Å². The molecule has 0 aliphatic carbocycles. The second-order valence-corrected chi connectivity index (χ2v) is 5.06. The Balaban J connectivity index is 2.05. The van der Waals surface area contributed by atoms with Gasteiger partial charge in [-0.25, -0.2) is 0 Å². The molecule has 0 radical (unpaired) electrons. The Labute approximate surface area is 108 Å². The van der Waals surface area contributed by atoms with Gasteiger partial charge in [-0.1, -0.05) is 12.1 Å². The van der Waals surface area contributed by atoms with Crippen LogP contribution in [0.3, 0.4) is 0 Å². The lowest BCUT2D eigenvalue weighted by Crippen LogP contribution is -2.19. The highest BCUT2D eigenvalue weighted by Crippen LogP contribution is 2.17. The number of pyridine rings is 1. The Kier molecular flexibility index (Phi) is 2.64. The van der Waals surface area contributed by atoms with Gasteiger partial charge in [0.1, 0.15) is 5.75 Å². The Morgan fingerprint density at radius 2 is 2.11 bits per heavy atom. The van der Waals surface area contributed by atoms with E-state index in [0.717, 1.165) is 15.6 Å². The van der Waals surface area contributed by atoms with Gasteiger partial charge in [0.25, 0.3) is 5.56 Å². The molecular formula is C14H11NO2S. The van der Waals surface area contributed by atoms with E-state index < -0.39 is 0 Å². The molecule has 0 saturated carbocycles. The number of aromatic nitrogens is 1. The maximum atomic E-state index is 12.2. The lowest BCUT2D eigenvalue weighted by atomic mass is 10.2. The molecule has 0 bridgehead atoms. The van der Waals surface area contributed by atoms with Crippen molar-refractivity contribution in [1.29, 1.82) is 0 Å². The highest BCUT2D eigenvalue weighted by atomic mass is 32.1. The molecular weight excluding hydrogens is 246 g/mol. The van der Waals surface area contributed by atoms with Crippen LogP contribution in [0, 0.1) is 0 Å². The van der Waals surface area contributed by atoms with Crippen molar-refractivity contribution in [3.8, 4) is 5.75 Å². The summed E-state index contributed by atoms with van der Waals surface area (Å²) in [5, 5.41) is 12.1. The quantitative estimate of drug-likeness (QED) is 0.767. The number of thiophene rings is 1. The van der Waals surface area contributed by atoms with Crippen molar-refractivity contribution >= 4 is 21.4 Å². The van der Waals surface area contributed by atoms with Gasteiger partial charge in [-0.2, -0.15) is 0 Å². The van der Waals surface area contributed by atoms with Gasteiger partial charge >= 0.3 is 0 Å². The molecule has 0 aliphatic heterocycles. The molecule has 0 fully saturated rings. The normalized spacial score (nSPS) is 10.9. The highest BCUT2D eigenvalue weighted by molar-refractivity contribution is 7.17. The summed E-state index contributed by atoms with van der Waals surface area (Å²) in [4.78, 5) is 12.2. The zero-order valence-electron chi connectivity index (χ0n) is 9.54. The molecule has 4 heteroatoms. The third-order valence-corrected chi connectivity index (χ3v) is 3.74. The van der Waals surface area contributed by atoms with Crippen LogP contribution >= 0.6 is 11.3 Å². The summed E-state index contributed by atoms with van der Waals surface area (Å²) >= 11 is 1.57. The lowest BCUT2D eigenvalue weighted by Gasteiger charge is -2.06. The van der Waals surface area contributed by atoms with Crippen LogP contribution in [-0.4, -0.2) is 9.67 Å². The predicted molar refractivity (Wildman–Crippen MR) is 73.3 cm³/mol. The van der Waals surface area contributed by atoms with Crippen LogP contribution in [-0.2, 0) is 6.54 Å². The van der Waals surface area contributed by atoms with Crippen LogP contribution in [0.15, 0.2) is 52.8 Å². The van der Waals surface area contributed by atoms with Crippen LogP contribution in [0.4, 0.5) is 0 Å². The van der Waals surface area contributed by atoms with Gasteiger partial charge in [-0.3, -0.25) is 4.79 Å². The molecule has 0 atom stereocenters. The minimum absolute atomic E-state index is 0.0112. The molecule has 0 saturated heterocycles. The number of hydrogen-bond donors (Lipinski definition) is 1. The first kappa shape index (κ1) is 11.0. The molecule has 0 spiro atoms. The molecule has 90 valence electrons. The van der Waals surface area contributed by atoms with E-state index in [0.29, 0.717) is 6.54 Å². The molecule has 0 aliphatic rings. The van der Waals surface area contributed by atoms with E-state index in [1.807, 2.05) is 23.6 Å². The average molecular weight is 257 g/mol. The first-order valence-corrected chi connectivity index (χ1v) is 6.46. The van der Waals surface area contributed by atoms with E-state index in [1.165, 1.54) is 0 Å². The molecule has 3 aromatic rings. The van der Waals surface area contributed by atoms with Crippen LogP contribution in [0.5, 0.6) is 5.75 Å². The third kappa shape index (κ3) is 1.91.